The first-order chi connectivity index (χ1) is 11.3. The number of carbonyl (C=O) groups is 3. The molecule has 0 radical (unpaired) electrons. The predicted molar refractivity (Wildman–Crippen MR) is 96.7 cm³/mol. The molecule has 25 heavy (non-hydrogen) atoms. The molecular formula is C17H31ClN2O5. The largest absolute Gasteiger partial charge is 0.480 e. The molecule has 0 aliphatic carbocycles. The number of aliphatic carboxylic acids is 1. The molecule has 4 atom stereocenters. The molecule has 4 unspecified atom stereocenters. The first-order valence-electron chi connectivity index (χ1n) is 8.70. The third-order valence-electron chi connectivity index (χ3n) is 4.57. The second-order valence-corrected chi connectivity index (χ2v) is 6.53. The molecule has 7 nitrogen and oxygen atoms in total. The van der Waals surface area contributed by atoms with E-state index in [9.17, 15) is 19.5 Å². The van der Waals surface area contributed by atoms with E-state index in [2.05, 4.69) is 12.2 Å². The maximum Gasteiger partial charge on any atom is 0.320 e. The summed E-state index contributed by atoms with van der Waals surface area (Å²) in [6.45, 7) is 8.46. The zero-order valence-corrected chi connectivity index (χ0v) is 16.3. The minimum Gasteiger partial charge on any atom is -0.480 e. The van der Waals surface area contributed by atoms with Crippen molar-refractivity contribution in [2.45, 2.75) is 59.0 Å². The van der Waals surface area contributed by atoms with Crippen LogP contribution in [0.15, 0.2) is 0 Å². The Morgan fingerprint density at radius 3 is 2.44 bits per heavy atom. The lowest BCUT2D eigenvalue weighted by Crippen LogP contribution is -2.45. The molecule has 1 heterocycles. The number of carboxylic acids is 1. The quantitative estimate of drug-likeness (QED) is 0.593. The van der Waals surface area contributed by atoms with E-state index in [1.165, 1.54) is 6.92 Å². The van der Waals surface area contributed by atoms with E-state index in [-0.39, 0.29) is 42.7 Å². The minimum atomic E-state index is -0.913. The molecule has 1 aliphatic rings. The zero-order chi connectivity index (χ0) is 18.3. The van der Waals surface area contributed by atoms with Gasteiger partial charge in [-0.1, -0.05) is 13.3 Å². The van der Waals surface area contributed by atoms with Crippen LogP contribution in [0.25, 0.3) is 0 Å². The molecule has 1 aliphatic heterocycles. The van der Waals surface area contributed by atoms with Gasteiger partial charge in [-0.2, -0.15) is 0 Å². The summed E-state index contributed by atoms with van der Waals surface area (Å²) in [4.78, 5) is 36.7. The molecular weight excluding hydrogens is 348 g/mol. The number of likely N-dealkylation sites (tertiary alicyclic amines) is 1. The molecule has 8 heteroatoms. The Morgan fingerprint density at radius 1 is 1.32 bits per heavy atom. The van der Waals surface area contributed by atoms with E-state index in [0.717, 1.165) is 12.8 Å². The lowest BCUT2D eigenvalue weighted by atomic mass is 9.95. The van der Waals surface area contributed by atoms with Gasteiger partial charge in [0.2, 0.25) is 5.91 Å². The van der Waals surface area contributed by atoms with Gasteiger partial charge in [0.15, 0.2) is 0 Å². The summed E-state index contributed by atoms with van der Waals surface area (Å²) in [6.07, 6.45) is 2.11. The molecule has 0 spiro atoms. The molecule has 0 bridgehead atoms. The van der Waals surface area contributed by atoms with Crippen molar-refractivity contribution >= 4 is 30.3 Å². The standard InChI is InChI=1S/C17H30N2O5.ClH/c1-5-7-13(11(3)18-12(4)20)9-19-10-14(17(23)24-6-2)8-15(19)16(21)22;/h11,13-15H,5-10H2,1-4H3,(H,18,20)(H,21,22);1H. The third kappa shape index (κ3) is 7.20. The predicted octanol–water partition coefficient (Wildman–Crippen LogP) is 1.69. The third-order valence-corrected chi connectivity index (χ3v) is 4.57. The average Bonchev–Trinajstić information content (AvgIpc) is 2.90. The molecule has 146 valence electrons. The van der Waals surface area contributed by atoms with Crippen LogP contribution in [-0.4, -0.2) is 59.6 Å². The number of ether oxygens (including phenoxy) is 1. The van der Waals surface area contributed by atoms with Crippen molar-refractivity contribution in [1.82, 2.24) is 10.2 Å². The number of hydrogen-bond donors (Lipinski definition) is 2. The lowest BCUT2D eigenvalue weighted by Gasteiger charge is -2.30. The molecule has 0 saturated carbocycles. The van der Waals surface area contributed by atoms with E-state index in [4.69, 9.17) is 4.74 Å². The van der Waals surface area contributed by atoms with Crippen molar-refractivity contribution < 1.29 is 24.2 Å². The highest BCUT2D eigenvalue weighted by atomic mass is 35.5. The summed E-state index contributed by atoms with van der Waals surface area (Å²) >= 11 is 0. The van der Waals surface area contributed by atoms with Gasteiger partial charge in [-0.3, -0.25) is 19.3 Å². The molecule has 2 N–H and O–H groups in total. The first kappa shape index (κ1) is 23.7. The van der Waals surface area contributed by atoms with Crippen LogP contribution in [0.2, 0.25) is 0 Å². The number of carboxylic acid groups (broad SMARTS) is 1. The number of esters is 1. The fraction of sp³-hybridized carbons (Fsp3) is 0.824. The van der Waals surface area contributed by atoms with Gasteiger partial charge in [-0.25, -0.2) is 0 Å². The van der Waals surface area contributed by atoms with E-state index < -0.39 is 17.9 Å². The molecule has 1 saturated heterocycles. The molecule has 0 aromatic rings. The van der Waals surface area contributed by atoms with Gasteiger partial charge in [-0.05, 0) is 32.6 Å². The van der Waals surface area contributed by atoms with Crippen molar-refractivity contribution in [3.63, 3.8) is 0 Å². The number of halogens is 1. The normalized spacial score (nSPS) is 22.6. The molecule has 0 aromatic carbocycles. The summed E-state index contributed by atoms with van der Waals surface area (Å²) in [6, 6.07) is -0.721. The maximum atomic E-state index is 12.0. The maximum absolute atomic E-state index is 12.0. The van der Waals surface area contributed by atoms with Gasteiger partial charge >= 0.3 is 11.9 Å². The van der Waals surface area contributed by atoms with Crippen LogP contribution < -0.4 is 5.32 Å². The average molecular weight is 379 g/mol. The van der Waals surface area contributed by atoms with Crippen molar-refractivity contribution in [3.8, 4) is 0 Å². The summed E-state index contributed by atoms with van der Waals surface area (Å²) in [5.41, 5.74) is 0. The van der Waals surface area contributed by atoms with Crippen molar-refractivity contribution in [2.75, 3.05) is 19.7 Å². The highest BCUT2D eigenvalue weighted by Crippen LogP contribution is 2.27. The Morgan fingerprint density at radius 2 is 1.96 bits per heavy atom. The van der Waals surface area contributed by atoms with E-state index in [1.807, 2.05) is 11.8 Å². The Labute approximate surface area is 155 Å². The Bertz CT molecular complexity index is 460. The Hall–Kier alpha value is -1.34. The van der Waals surface area contributed by atoms with E-state index in [1.54, 1.807) is 6.92 Å². The van der Waals surface area contributed by atoms with Crippen LogP contribution in [-0.2, 0) is 19.1 Å². The van der Waals surface area contributed by atoms with Crippen LogP contribution in [0.3, 0.4) is 0 Å². The highest BCUT2D eigenvalue weighted by molar-refractivity contribution is 5.85. The molecule has 1 rings (SSSR count). The van der Waals surface area contributed by atoms with Gasteiger partial charge in [0.05, 0.1) is 12.5 Å². The van der Waals surface area contributed by atoms with Gasteiger partial charge in [0, 0.05) is 26.1 Å². The van der Waals surface area contributed by atoms with Gasteiger partial charge < -0.3 is 15.2 Å². The van der Waals surface area contributed by atoms with Crippen LogP contribution in [0, 0.1) is 11.8 Å². The number of nitrogens with zero attached hydrogens (tertiary/aromatic N) is 1. The number of hydrogen-bond acceptors (Lipinski definition) is 5. The highest BCUT2D eigenvalue weighted by Gasteiger charge is 2.41. The Kier molecular flexibility index (Phi) is 10.7. The molecule has 1 amide bonds. The summed E-state index contributed by atoms with van der Waals surface area (Å²) < 4.78 is 5.04. The SMILES string of the molecule is CCCC(CN1CC(C(=O)OCC)CC1C(=O)O)C(C)NC(C)=O.Cl. The minimum absolute atomic E-state index is 0. The topological polar surface area (TPSA) is 95.9 Å². The number of amides is 1. The van der Waals surface area contributed by atoms with Crippen LogP contribution in [0.5, 0.6) is 0 Å². The smallest absolute Gasteiger partial charge is 0.320 e. The van der Waals surface area contributed by atoms with Gasteiger partial charge in [0.25, 0.3) is 0 Å². The second-order valence-electron chi connectivity index (χ2n) is 6.53. The van der Waals surface area contributed by atoms with E-state index in [0.29, 0.717) is 19.7 Å². The summed E-state index contributed by atoms with van der Waals surface area (Å²) in [7, 11) is 0. The Balaban J connectivity index is 0.00000576. The number of nitrogens with one attached hydrogen (secondary N) is 1. The summed E-state index contributed by atoms with van der Waals surface area (Å²) in [5.74, 6) is -1.59. The van der Waals surface area contributed by atoms with Gasteiger partial charge in [0.1, 0.15) is 6.04 Å². The lowest BCUT2D eigenvalue weighted by molar-refractivity contribution is -0.147. The molecule has 0 aromatic heterocycles. The molecule has 1 fully saturated rings. The van der Waals surface area contributed by atoms with Crippen molar-refractivity contribution in [2.24, 2.45) is 11.8 Å². The first-order valence-corrected chi connectivity index (χ1v) is 8.70. The van der Waals surface area contributed by atoms with Crippen LogP contribution in [0.1, 0.15) is 47.0 Å². The summed E-state index contributed by atoms with van der Waals surface area (Å²) in [5, 5.41) is 12.4. The fourth-order valence-corrected chi connectivity index (χ4v) is 3.40. The van der Waals surface area contributed by atoms with Gasteiger partial charge in [-0.15, -0.1) is 12.4 Å². The van der Waals surface area contributed by atoms with Crippen LogP contribution >= 0.6 is 12.4 Å². The monoisotopic (exact) mass is 378 g/mol. The van der Waals surface area contributed by atoms with E-state index >= 15 is 0 Å². The zero-order valence-electron chi connectivity index (χ0n) is 15.5. The number of carbonyl (C=O) groups excluding carboxylic acids is 2. The number of rotatable bonds is 9. The van der Waals surface area contributed by atoms with Crippen molar-refractivity contribution in [3.05, 3.63) is 0 Å². The van der Waals surface area contributed by atoms with Crippen molar-refractivity contribution in [1.29, 1.82) is 0 Å². The van der Waals surface area contributed by atoms with Crippen LogP contribution in [0.4, 0.5) is 0 Å². The fourth-order valence-electron chi connectivity index (χ4n) is 3.40. The second kappa shape index (κ2) is 11.3.